The third-order valence-corrected chi connectivity index (χ3v) is 6.73. The first-order valence-corrected chi connectivity index (χ1v) is 13.7. The predicted molar refractivity (Wildman–Crippen MR) is 148 cm³/mol. The summed E-state index contributed by atoms with van der Waals surface area (Å²) in [6, 6.07) is 13.7. The minimum Gasteiger partial charge on any atom is -0.462 e. The van der Waals surface area contributed by atoms with Gasteiger partial charge in [0.05, 0.1) is 24.0 Å². The van der Waals surface area contributed by atoms with E-state index in [2.05, 4.69) is 20.8 Å². The standard InChI is InChI=1S/C28H35N5O4S/c1-6-15-37-27(36)21-9-8-10-22(16-21)29-23(34)17-38-28-32-31-25(33(28)7-2)24(18(3)4)30-26(35)20-13-11-19(5)12-14-20/h8-14,16,18,24H,6-7,15,17H2,1-5H3,(H,29,34)(H,30,35)/t24-/m0/s1. The van der Waals surface area contributed by atoms with Gasteiger partial charge in [0, 0.05) is 17.8 Å². The van der Waals surface area contributed by atoms with Crippen LogP contribution in [-0.4, -0.2) is 44.9 Å². The molecule has 3 aromatic rings. The lowest BCUT2D eigenvalue weighted by atomic mass is 10.0. The molecule has 2 aromatic carbocycles. The molecule has 0 aliphatic rings. The van der Waals surface area contributed by atoms with Crippen LogP contribution < -0.4 is 10.6 Å². The molecule has 38 heavy (non-hydrogen) atoms. The highest BCUT2D eigenvalue weighted by atomic mass is 32.2. The molecule has 10 heteroatoms. The lowest BCUT2D eigenvalue weighted by Gasteiger charge is -2.22. The zero-order chi connectivity index (χ0) is 27.7. The molecule has 9 nitrogen and oxygen atoms in total. The zero-order valence-electron chi connectivity index (χ0n) is 22.5. The Morgan fingerprint density at radius 2 is 1.76 bits per heavy atom. The van der Waals surface area contributed by atoms with Crippen molar-refractivity contribution in [3.05, 3.63) is 71.0 Å². The Morgan fingerprint density at radius 3 is 2.42 bits per heavy atom. The maximum absolute atomic E-state index is 12.9. The number of hydrogen-bond acceptors (Lipinski definition) is 7. The highest BCUT2D eigenvalue weighted by Gasteiger charge is 2.26. The molecule has 0 unspecified atom stereocenters. The highest BCUT2D eigenvalue weighted by molar-refractivity contribution is 7.99. The summed E-state index contributed by atoms with van der Waals surface area (Å²) in [5, 5.41) is 15.2. The summed E-state index contributed by atoms with van der Waals surface area (Å²) in [4.78, 5) is 37.7. The average Bonchev–Trinajstić information content (AvgIpc) is 3.31. The number of carbonyl (C=O) groups is 3. The van der Waals surface area contributed by atoms with Crippen molar-refractivity contribution in [3.8, 4) is 0 Å². The van der Waals surface area contributed by atoms with E-state index in [-0.39, 0.29) is 29.5 Å². The molecule has 1 heterocycles. The average molecular weight is 538 g/mol. The van der Waals surface area contributed by atoms with Crippen molar-refractivity contribution in [2.24, 2.45) is 5.92 Å². The van der Waals surface area contributed by atoms with Crippen LogP contribution >= 0.6 is 11.8 Å². The molecule has 202 valence electrons. The van der Waals surface area contributed by atoms with Gasteiger partial charge in [0.15, 0.2) is 11.0 Å². The summed E-state index contributed by atoms with van der Waals surface area (Å²) in [5.74, 6) is -0.0290. The summed E-state index contributed by atoms with van der Waals surface area (Å²) in [6.07, 6.45) is 0.737. The van der Waals surface area contributed by atoms with Crippen LogP contribution in [0, 0.1) is 12.8 Å². The van der Waals surface area contributed by atoms with E-state index in [1.807, 2.05) is 51.3 Å². The van der Waals surface area contributed by atoms with Crippen LogP contribution in [0.1, 0.15) is 72.3 Å². The van der Waals surface area contributed by atoms with E-state index in [0.717, 1.165) is 12.0 Å². The molecule has 2 amide bonds. The number of esters is 1. The van der Waals surface area contributed by atoms with Crippen molar-refractivity contribution < 1.29 is 19.1 Å². The van der Waals surface area contributed by atoms with E-state index in [4.69, 9.17) is 4.74 Å². The normalized spacial score (nSPS) is 11.7. The van der Waals surface area contributed by atoms with E-state index in [1.165, 1.54) is 11.8 Å². The number of thioether (sulfide) groups is 1. The van der Waals surface area contributed by atoms with Gasteiger partial charge < -0.3 is 19.9 Å². The van der Waals surface area contributed by atoms with Crippen LogP contribution in [0.3, 0.4) is 0 Å². The van der Waals surface area contributed by atoms with E-state index < -0.39 is 5.97 Å². The van der Waals surface area contributed by atoms with Crippen molar-refractivity contribution >= 4 is 35.2 Å². The number of carbonyl (C=O) groups excluding carboxylic acids is 3. The molecule has 0 fully saturated rings. The zero-order valence-corrected chi connectivity index (χ0v) is 23.3. The fourth-order valence-electron chi connectivity index (χ4n) is 3.72. The molecule has 0 saturated heterocycles. The molecule has 0 spiro atoms. The maximum Gasteiger partial charge on any atom is 0.338 e. The molecule has 2 N–H and O–H groups in total. The first kappa shape index (κ1) is 28.9. The van der Waals surface area contributed by atoms with Gasteiger partial charge in [-0.3, -0.25) is 9.59 Å². The molecule has 0 bridgehead atoms. The second-order valence-electron chi connectivity index (χ2n) is 9.20. The fraction of sp³-hybridized carbons (Fsp3) is 0.393. The summed E-state index contributed by atoms with van der Waals surface area (Å²) < 4.78 is 7.08. The van der Waals surface area contributed by atoms with Crippen molar-refractivity contribution in [2.45, 2.75) is 58.8 Å². The molecule has 1 aromatic heterocycles. The number of benzene rings is 2. The summed E-state index contributed by atoms with van der Waals surface area (Å²) >= 11 is 1.26. The van der Waals surface area contributed by atoms with Crippen LogP contribution in [0.15, 0.2) is 53.7 Å². The molecule has 1 atom stereocenters. The van der Waals surface area contributed by atoms with Gasteiger partial charge in [-0.2, -0.15) is 0 Å². The van der Waals surface area contributed by atoms with Crippen molar-refractivity contribution in [1.82, 2.24) is 20.1 Å². The largest absolute Gasteiger partial charge is 0.462 e. The maximum atomic E-state index is 12.9. The summed E-state index contributed by atoms with van der Waals surface area (Å²) in [6.45, 7) is 10.8. The minimum atomic E-state index is -0.421. The van der Waals surface area contributed by atoms with Crippen molar-refractivity contribution in [2.75, 3.05) is 17.7 Å². The number of nitrogens with zero attached hydrogens (tertiary/aromatic N) is 3. The predicted octanol–water partition coefficient (Wildman–Crippen LogP) is 5.03. The number of aryl methyl sites for hydroxylation is 1. The number of hydrogen-bond donors (Lipinski definition) is 2. The van der Waals surface area contributed by atoms with Gasteiger partial charge in [0.2, 0.25) is 5.91 Å². The van der Waals surface area contributed by atoms with Crippen LogP contribution in [-0.2, 0) is 16.1 Å². The number of rotatable bonds is 12. The summed E-state index contributed by atoms with van der Waals surface area (Å²) in [7, 11) is 0. The fourth-order valence-corrected chi connectivity index (χ4v) is 4.53. The molecule has 0 radical (unpaired) electrons. The van der Waals surface area contributed by atoms with Crippen molar-refractivity contribution in [3.63, 3.8) is 0 Å². The van der Waals surface area contributed by atoms with Gasteiger partial charge in [0.1, 0.15) is 0 Å². The van der Waals surface area contributed by atoms with E-state index in [1.54, 1.807) is 36.4 Å². The van der Waals surface area contributed by atoms with Gasteiger partial charge in [0.25, 0.3) is 5.91 Å². The molecular weight excluding hydrogens is 502 g/mol. The third kappa shape index (κ3) is 7.67. The van der Waals surface area contributed by atoms with Crippen LogP contribution in [0.5, 0.6) is 0 Å². The lowest BCUT2D eigenvalue weighted by molar-refractivity contribution is -0.113. The number of ether oxygens (including phenoxy) is 1. The Morgan fingerprint density at radius 1 is 1.03 bits per heavy atom. The first-order chi connectivity index (χ1) is 18.2. The molecule has 0 aliphatic heterocycles. The molecular formula is C28H35N5O4S. The number of nitrogens with one attached hydrogen (secondary N) is 2. The Labute approximate surface area is 227 Å². The van der Waals surface area contributed by atoms with E-state index in [9.17, 15) is 14.4 Å². The Balaban J connectivity index is 1.66. The van der Waals surface area contributed by atoms with E-state index in [0.29, 0.717) is 40.9 Å². The van der Waals surface area contributed by atoms with Gasteiger partial charge in [-0.15, -0.1) is 10.2 Å². The minimum absolute atomic E-state index is 0.0661. The van der Waals surface area contributed by atoms with Crippen LogP contribution in [0.2, 0.25) is 0 Å². The smallest absolute Gasteiger partial charge is 0.338 e. The topological polar surface area (TPSA) is 115 Å². The van der Waals surface area contributed by atoms with E-state index >= 15 is 0 Å². The van der Waals surface area contributed by atoms with Crippen LogP contribution in [0.25, 0.3) is 0 Å². The van der Waals surface area contributed by atoms with Gasteiger partial charge >= 0.3 is 5.97 Å². The quantitative estimate of drug-likeness (QED) is 0.246. The highest BCUT2D eigenvalue weighted by Crippen LogP contribution is 2.26. The monoisotopic (exact) mass is 537 g/mol. The van der Waals surface area contributed by atoms with Crippen LogP contribution in [0.4, 0.5) is 5.69 Å². The number of anilines is 1. The second-order valence-corrected chi connectivity index (χ2v) is 10.1. The second kappa shape index (κ2) is 13.8. The van der Waals surface area contributed by atoms with Gasteiger partial charge in [-0.25, -0.2) is 4.79 Å². The number of amides is 2. The molecule has 0 saturated carbocycles. The molecule has 0 aliphatic carbocycles. The Hall–Kier alpha value is -3.66. The third-order valence-electron chi connectivity index (χ3n) is 5.76. The SMILES string of the molecule is CCCOC(=O)c1cccc(NC(=O)CSc2nnc([C@@H](NC(=O)c3ccc(C)cc3)C(C)C)n2CC)c1. The lowest BCUT2D eigenvalue weighted by Crippen LogP contribution is -2.33. The molecule has 3 rings (SSSR count). The first-order valence-electron chi connectivity index (χ1n) is 12.7. The van der Waals surface area contributed by atoms with Gasteiger partial charge in [-0.05, 0) is 56.5 Å². The van der Waals surface area contributed by atoms with Gasteiger partial charge in [-0.1, -0.05) is 56.3 Å². The Kier molecular flexibility index (Phi) is 10.5. The Bertz CT molecular complexity index is 1260. The summed E-state index contributed by atoms with van der Waals surface area (Å²) in [5.41, 5.74) is 2.56. The van der Waals surface area contributed by atoms with Crippen molar-refractivity contribution in [1.29, 1.82) is 0 Å². The number of aromatic nitrogens is 3.